The Morgan fingerprint density at radius 2 is 1.59 bits per heavy atom. The molecule has 1 heterocycles. The van der Waals surface area contributed by atoms with Gasteiger partial charge in [-0.15, -0.1) is 0 Å². The van der Waals surface area contributed by atoms with Crippen molar-refractivity contribution in [2.45, 2.75) is 19.0 Å². The number of fused-ring (bicyclic) bond motifs is 1. The largest absolute Gasteiger partial charge is 0.480 e. The Hall–Kier alpha value is -4.64. The smallest absolute Gasteiger partial charge is 0.335 e. The molecule has 0 fully saturated rings. The molecule has 11 heteroatoms. The first-order valence-electron chi connectivity index (χ1n) is 12.0. The molecule has 0 saturated carbocycles. The number of amides is 1. The molecule has 202 valence electrons. The van der Waals surface area contributed by atoms with Crippen LogP contribution in [-0.4, -0.2) is 57.7 Å². The van der Waals surface area contributed by atoms with Crippen molar-refractivity contribution in [3.05, 3.63) is 110 Å². The molecule has 0 saturated heterocycles. The first-order valence-corrected chi connectivity index (χ1v) is 12.0. The summed E-state index contributed by atoms with van der Waals surface area (Å²) in [5.41, 5.74) is -1.13. The van der Waals surface area contributed by atoms with Crippen LogP contribution in [0.3, 0.4) is 0 Å². The number of carbonyl (C=O) groups excluding carboxylic acids is 1. The molecule has 4 rings (SSSR count). The second-order valence-corrected chi connectivity index (χ2v) is 9.22. The van der Waals surface area contributed by atoms with Gasteiger partial charge in [0.2, 0.25) is 0 Å². The Balaban J connectivity index is 1.73. The van der Waals surface area contributed by atoms with Crippen molar-refractivity contribution in [1.29, 1.82) is 0 Å². The van der Waals surface area contributed by atoms with E-state index in [1.54, 1.807) is 36.4 Å². The average Bonchev–Trinajstić information content (AvgIpc) is 2.88. The van der Waals surface area contributed by atoms with Crippen LogP contribution in [0.5, 0.6) is 0 Å². The van der Waals surface area contributed by atoms with E-state index in [-0.39, 0.29) is 6.42 Å². The molecule has 1 aromatic heterocycles. The van der Waals surface area contributed by atoms with E-state index in [9.17, 15) is 33.1 Å². The summed E-state index contributed by atoms with van der Waals surface area (Å²) >= 11 is 0. The van der Waals surface area contributed by atoms with Crippen LogP contribution in [0.15, 0.2) is 76.4 Å². The summed E-state index contributed by atoms with van der Waals surface area (Å²) in [6, 6.07) is 12.6. The second-order valence-electron chi connectivity index (χ2n) is 9.22. The minimum absolute atomic E-state index is 0.227. The van der Waals surface area contributed by atoms with E-state index in [0.29, 0.717) is 35.1 Å². The van der Waals surface area contributed by atoms with Gasteiger partial charge in [-0.2, -0.15) is 0 Å². The Morgan fingerprint density at radius 1 is 0.949 bits per heavy atom. The number of nitrogens with zero attached hydrogens (tertiary/aromatic N) is 3. The zero-order valence-electron chi connectivity index (χ0n) is 21.2. The summed E-state index contributed by atoms with van der Waals surface area (Å²) < 4.78 is 30.6. The van der Waals surface area contributed by atoms with Crippen molar-refractivity contribution < 1.29 is 23.5 Å². The highest BCUT2D eigenvalue weighted by molar-refractivity contribution is 5.97. The lowest BCUT2D eigenvalue weighted by atomic mass is 9.97. The molecule has 39 heavy (non-hydrogen) atoms. The molecule has 0 radical (unpaired) electrons. The van der Waals surface area contributed by atoms with Crippen molar-refractivity contribution in [3.8, 4) is 5.69 Å². The van der Waals surface area contributed by atoms with Crippen molar-refractivity contribution in [2.75, 3.05) is 20.6 Å². The second kappa shape index (κ2) is 11.4. The highest BCUT2D eigenvalue weighted by atomic mass is 19.1. The molecule has 3 aromatic carbocycles. The molecule has 0 unspecified atom stereocenters. The lowest BCUT2D eigenvalue weighted by Crippen LogP contribution is -2.43. The van der Waals surface area contributed by atoms with Crippen molar-refractivity contribution in [3.63, 3.8) is 0 Å². The standard InChI is InChI=1S/C28H26F2N4O5/c1-32(2)14-15-33-13-12-24(35)34(28(33)39)23-11-4-7-18-17(6-3-8-19(18)23)16-22(27(37)38)31-26(36)25-20(29)9-5-10-21(25)30/h3-13,22H,14-16H2,1-2H3,(H,31,36)(H,37,38)/t22-/m0/s1. The maximum absolute atomic E-state index is 14.1. The maximum atomic E-state index is 14.1. The summed E-state index contributed by atoms with van der Waals surface area (Å²) in [5, 5.41) is 13.0. The van der Waals surface area contributed by atoms with E-state index in [1.807, 2.05) is 19.0 Å². The van der Waals surface area contributed by atoms with Gasteiger partial charge in [0.15, 0.2) is 0 Å². The number of rotatable bonds is 9. The van der Waals surface area contributed by atoms with E-state index in [1.165, 1.54) is 16.8 Å². The quantitative estimate of drug-likeness (QED) is 0.340. The summed E-state index contributed by atoms with van der Waals surface area (Å²) in [5.74, 6) is -4.84. The lowest BCUT2D eigenvalue weighted by molar-refractivity contribution is -0.139. The topological polar surface area (TPSA) is 114 Å². The van der Waals surface area contributed by atoms with Crippen LogP contribution in [0.25, 0.3) is 16.5 Å². The third-order valence-corrected chi connectivity index (χ3v) is 6.29. The van der Waals surface area contributed by atoms with E-state index >= 15 is 0 Å². The predicted molar refractivity (Wildman–Crippen MR) is 141 cm³/mol. The Kier molecular flexibility index (Phi) is 8.01. The van der Waals surface area contributed by atoms with Crippen LogP contribution < -0.4 is 16.6 Å². The fourth-order valence-corrected chi connectivity index (χ4v) is 4.31. The first kappa shape index (κ1) is 27.4. The number of hydrogen-bond donors (Lipinski definition) is 2. The van der Waals surface area contributed by atoms with Crippen LogP contribution in [0.1, 0.15) is 15.9 Å². The zero-order valence-corrected chi connectivity index (χ0v) is 21.2. The van der Waals surface area contributed by atoms with E-state index in [4.69, 9.17) is 0 Å². The van der Waals surface area contributed by atoms with Gasteiger partial charge in [0.05, 0.1) is 5.69 Å². The van der Waals surface area contributed by atoms with Crippen LogP contribution in [0.4, 0.5) is 8.78 Å². The number of halogens is 2. The van der Waals surface area contributed by atoms with Crippen LogP contribution >= 0.6 is 0 Å². The number of carbonyl (C=O) groups is 2. The van der Waals surface area contributed by atoms with Crippen molar-refractivity contribution >= 4 is 22.6 Å². The summed E-state index contributed by atoms with van der Waals surface area (Å²) in [7, 11) is 3.74. The number of aromatic nitrogens is 2. The van der Waals surface area contributed by atoms with Gasteiger partial charge in [0.1, 0.15) is 23.2 Å². The molecule has 0 bridgehead atoms. The average molecular weight is 537 g/mol. The minimum Gasteiger partial charge on any atom is -0.480 e. The molecular weight excluding hydrogens is 510 g/mol. The molecule has 2 N–H and O–H groups in total. The number of carboxylic acid groups (broad SMARTS) is 1. The van der Waals surface area contributed by atoms with Gasteiger partial charge >= 0.3 is 11.7 Å². The molecule has 0 aliphatic heterocycles. The predicted octanol–water partition coefficient (Wildman–Crippen LogP) is 2.42. The number of aliphatic carboxylic acids is 1. The molecule has 4 aromatic rings. The van der Waals surface area contributed by atoms with E-state index in [2.05, 4.69) is 5.32 Å². The van der Waals surface area contributed by atoms with Crippen LogP contribution in [0, 0.1) is 11.6 Å². The minimum atomic E-state index is -1.52. The van der Waals surface area contributed by atoms with E-state index in [0.717, 1.165) is 22.8 Å². The lowest BCUT2D eigenvalue weighted by Gasteiger charge is -2.18. The van der Waals surface area contributed by atoms with Crippen LogP contribution in [0.2, 0.25) is 0 Å². The number of carboxylic acids is 1. The van der Waals surface area contributed by atoms with Crippen LogP contribution in [-0.2, 0) is 17.8 Å². The normalized spacial score (nSPS) is 12.0. The number of likely N-dealkylation sites (N-methyl/N-ethyl adjacent to an activating group) is 1. The fraction of sp³-hybridized carbons (Fsp3) is 0.214. The zero-order chi connectivity index (χ0) is 28.3. The summed E-state index contributed by atoms with van der Waals surface area (Å²) in [4.78, 5) is 52.5. The molecule has 0 aliphatic rings. The highest BCUT2D eigenvalue weighted by Crippen LogP contribution is 2.25. The molecule has 1 atom stereocenters. The van der Waals surface area contributed by atoms with Gasteiger partial charge < -0.3 is 15.3 Å². The van der Waals surface area contributed by atoms with Gasteiger partial charge in [-0.25, -0.2) is 22.9 Å². The van der Waals surface area contributed by atoms with Crippen molar-refractivity contribution in [2.24, 2.45) is 0 Å². The monoisotopic (exact) mass is 536 g/mol. The van der Waals surface area contributed by atoms with Gasteiger partial charge in [-0.1, -0.05) is 36.4 Å². The Morgan fingerprint density at radius 3 is 2.26 bits per heavy atom. The number of benzene rings is 3. The first-order chi connectivity index (χ1) is 18.6. The summed E-state index contributed by atoms with van der Waals surface area (Å²) in [6.45, 7) is 0.946. The van der Waals surface area contributed by atoms with Gasteiger partial charge in [0.25, 0.3) is 11.5 Å². The fourth-order valence-electron chi connectivity index (χ4n) is 4.31. The SMILES string of the molecule is CN(C)CCn1ccc(=O)n(-c2cccc3c(C[C@H](NC(=O)c4c(F)cccc4F)C(=O)O)cccc23)c1=O. The highest BCUT2D eigenvalue weighted by Gasteiger charge is 2.25. The Labute approximate surface area is 221 Å². The molecule has 9 nitrogen and oxygen atoms in total. The molecule has 1 amide bonds. The molecular formula is C28H26F2N4O5. The third-order valence-electron chi connectivity index (χ3n) is 6.29. The molecule has 0 spiro atoms. The Bertz CT molecular complexity index is 1660. The van der Waals surface area contributed by atoms with Crippen molar-refractivity contribution in [1.82, 2.24) is 19.4 Å². The summed E-state index contributed by atoms with van der Waals surface area (Å²) in [6.07, 6.45) is 1.22. The maximum Gasteiger partial charge on any atom is 0.335 e. The van der Waals surface area contributed by atoms with Gasteiger partial charge in [0, 0.05) is 37.2 Å². The molecule has 0 aliphatic carbocycles. The number of hydrogen-bond acceptors (Lipinski definition) is 5. The van der Waals surface area contributed by atoms with Gasteiger partial charge in [-0.05, 0) is 43.2 Å². The number of nitrogens with one attached hydrogen (secondary N) is 1. The third kappa shape index (κ3) is 5.78. The van der Waals surface area contributed by atoms with Gasteiger partial charge in [-0.3, -0.25) is 14.2 Å². The van der Waals surface area contributed by atoms with E-state index < -0.39 is 46.4 Å².